The summed E-state index contributed by atoms with van der Waals surface area (Å²) in [6.45, 7) is 0.954. The number of thioether (sulfide) groups is 1. The lowest BCUT2D eigenvalue weighted by atomic mass is 10.1. The molecule has 108 valence electrons. The van der Waals surface area contributed by atoms with E-state index in [9.17, 15) is 9.59 Å². The molecule has 0 aromatic heterocycles. The number of benzene rings is 1. The van der Waals surface area contributed by atoms with Crippen molar-refractivity contribution in [3.63, 3.8) is 0 Å². The normalized spacial score (nSPS) is 13.8. The zero-order valence-corrected chi connectivity index (χ0v) is 12.5. The van der Waals surface area contributed by atoms with Gasteiger partial charge >= 0.3 is 0 Å². The summed E-state index contributed by atoms with van der Waals surface area (Å²) >= 11 is 1.76. The summed E-state index contributed by atoms with van der Waals surface area (Å²) in [5, 5.41) is 5.63. The van der Waals surface area contributed by atoms with E-state index in [1.807, 2.05) is 24.3 Å². The highest BCUT2D eigenvalue weighted by Crippen LogP contribution is 2.28. The third-order valence-electron chi connectivity index (χ3n) is 3.19. The summed E-state index contributed by atoms with van der Waals surface area (Å²) in [4.78, 5) is 23.3. The first-order chi connectivity index (χ1) is 9.70. The Hall–Kier alpha value is -1.49. The quantitative estimate of drug-likeness (QED) is 0.754. The van der Waals surface area contributed by atoms with Gasteiger partial charge in [0.25, 0.3) is 5.91 Å². The van der Waals surface area contributed by atoms with Gasteiger partial charge < -0.3 is 10.6 Å². The van der Waals surface area contributed by atoms with Crippen molar-refractivity contribution in [1.29, 1.82) is 0 Å². The predicted octanol–water partition coefficient (Wildman–Crippen LogP) is 1.81. The Balaban J connectivity index is 1.69. The van der Waals surface area contributed by atoms with Gasteiger partial charge in [-0.2, -0.15) is 11.8 Å². The highest BCUT2D eigenvalue weighted by atomic mass is 32.2. The summed E-state index contributed by atoms with van der Waals surface area (Å²) in [5.74, 6) is 1.19. The van der Waals surface area contributed by atoms with Gasteiger partial charge in [-0.15, -0.1) is 0 Å². The van der Waals surface area contributed by atoms with E-state index in [4.69, 9.17) is 0 Å². The van der Waals surface area contributed by atoms with E-state index in [2.05, 4.69) is 16.9 Å². The number of carbonyl (C=O) groups is 2. The second kappa shape index (κ2) is 7.33. The van der Waals surface area contributed by atoms with Gasteiger partial charge in [0.1, 0.15) is 0 Å². The van der Waals surface area contributed by atoms with E-state index >= 15 is 0 Å². The maximum Gasteiger partial charge on any atom is 0.251 e. The van der Waals surface area contributed by atoms with E-state index < -0.39 is 0 Å². The minimum absolute atomic E-state index is 0.0960. The van der Waals surface area contributed by atoms with Crippen molar-refractivity contribution in [1.82, 2.24) is 10.6 Å². The molecular weight excluding hydrogens is 272 g/mol. The minimum Gasteiger partial charge on any atom is -0.354 e. The number of rotatable bonds is 7. The molecule has 0 heterocycles. The van der Waals surface area contributed by atoms with Crippen molar-refractivity contribution in [2.45, 2.75) is 18.6 Å². The lowest BCUT2D eigenvalue weighted by molar-refractivity contribution is -0.122. The first-order valence-electron chi connectivity index (χ1n) is 6.84. The van der Waals surface area contributed by atoms with Crippen LogP contribution in [-0.2, 0) is 10.5 Å². The fourth-order valence-corrected chi connectivity index (χ4v) is 2.40. The van der Waals surface area contributed by atoms with Crippen molar-refractivity contribution >= 4 is 23.6 Å². The third kappa shape index (κ3) is 4.56. The molecule has 0 atom stereocenters. The smallest absolute Gasteiger partial charge is 0.251 e. The predicted molar refractivity (Wildman–Crippen MR) is 81.7 cm³/mol. The van der Waals surface area contributed by atoms with Crippen molar-refractivity contribution < 1.29 is 9.59 Å². The van der Waals surface area contributed by atoms with Gasteiger partial charge in [0.15, 0.2) is 0 Å². The molecule has 1 saturated carbocycles. The molecule has 2 rings (SSSR count). The van der Waals surface area contributed by atoms with Crippen LogP contribution in [0.1, 0.15) is 28.8 Å². The lowest BCUT2D eigenvalue weighted by Gasteiger charge is -2.07. The Bertz CT molecular complexity index is 469. The molecule has 1 aromatic rings. The highest BCUT2D eigenvalue weighted by molar-refractivity contribution is 7.97. The molecule has 1 aromatic carbocycles. The molecular formula is C15H20N2O2S. The molecule has 4 nitrogen and oxygen atoms in total. The van der Waals surface area contributed by atoms with Crippen LogP contribution in [0.2, 0.25) is 0 Å². The van der Waals surface area contributed by atoms with E-state index in [0.717, 1.165) is 18.6 Å². The van der Waals surface area contributed by atoms with E-state index in [0.29, 0.717) is 18.7 Å². The van der Waals surface area contributed by atoms with Crippen molar-refractivity contribution in [2.75, 3.05) is 19.3 Å². The van der Waals surface area contributed by atoms with Crippen LogP contribution in [0, 0.1) is 5.92 Å². The molecule has 5 heteroatoms. The van der Waals surface area contributed by atoms with Gasteiger partial charge in [-0.3, -0.25) is 9.59 Å². The van der Waals surface area contributed by atoms with Gasteiger partial charge in [0.2, 0.25) is 5.91 Å². The molecule has 1 fully saturated rings. The van der Waals surface area contributed by atoms with Gasteiger partial charge in [0, 0.05) is 30.3 Å². The number of carbonyl (C=O) groups excluding carboxylic acids is 2. The zero-order chi connectivity index (χ0) is 14.4. The number of hydrogen-bond donors (Lipinski definition) is 2. The first kappa shape index (κ1) is 14.9. The van der Waals surface area contributed by atoms with E-state index in [1.165, 1.54) is 5.56 Å². The van der Waals surface area contributed by atoms with Crippen LogP contribution in [-0.4, -0.2) is 31.2 Å². The topological polar surface area (TPSA) is 58.2 Å². The molecule has 0 aliphatic heterocycles. The molecule has 0 saturated heterocycles. The zero-order valence-electron chi connectivity index (χ0n) is 11.6. The standard InChI is InChI=1S/C15H20N2O2S/c1-20-10-11-2-4-12(5-3-11)14(18)16-8-9-17-15(19)13-6-7-13/h2-5,13H,6-10H2,1H3,(H,16,18)(H,17,19). The molecule has 0 radical (unpaired) electrons. The van der Waals surface area contributed by atoms with E-state index in [-0.39, 0.29) is 17.7 Å². The number of nitrogens with one attached hydrogen (secondary N) is 2. The fraction of sp³-hybridized carbons (Fsp3) is 0.467. The van der Waals surface area contributed by atoms with Crippen LogP contribution in [0.25, 0.3) is 0 Å². The summed E-state index contributed by atoms with van der Waals surface area (Å²) in [7, 11) is 0. The number of amides is 2. The van der Waals surface area contributed by atoms with Crippen LogP contribution in [0.5, 0.6) is 0 Å². The largest absolute Gasteiger partial charge is 0.354 e. The maximum atomic E-state index is 11.9. The maximum absolute atomic E-state index is 11.9. The van der Waals surface area contributed by atoms with Crippen molar-refractivity contribution in [3.05, 3.63) is 35.4 Å². The molecule has 0 unspecified atom stereocenters. The summed E-state index contributed by atoms with van der Waals surface area (Å²) in [6, 6.07) is 7.62. The number of hydrogen-bond acceptors (Lipinski definition) is 3. The lowest BCUT2D eigenvalue weighted by Crippen LogP contribution is -2.35. The molecule has 1 aliphatic rings. The fourth-order valence-electron chi connectivity index (χ4n) is 1.87. The highest BCUT2D eigenvalue weighted by Gasteiger charge is 2.28. The molecule has 0 spiro atoms. The van der Waals surface area contributed by atoms with Crippen LogP contribution in [0.15, 0.2) is 24.3 Å². The van der Waals surface area contributed by atoms with Gasteiger partial charge in [0.05, 0.1) is 0 Å². The third-order valence-corrected chi connectivity index (χ3v) is 3.81. The molecule has 2 amide bonds. The molecule has 0 bridgehead atoms. The Morgan fingerprint density at radius 2 is 1.80 bits per heavy atom. The molecule has 1 aliphatic carbocycles. The Morgan fingerprint density at radius 1 is 1.15 bits per heavy atom. The average molecular weight is 292 g/mol. The van der Waals surface area contributed by atoms with Gasteiger partial charge in [-0.05, 0) is 36.8 Å². The Kier molecular flexibility index (Phi) is 5.47. The van der Waals surface area contributed by atoms with E-state index in [1.54, 1.807) is 11.8 Å². The Labute approximate surface area is 123 Å². The summed E-state index contributed by atoms with van der Waals surface area (Å²) < 4.78 is 0. The monoisotopic (exact) mass is 292 g/mol. The summed E-state index contributed by atoms with van der Waals surface area (Å²) in [6.07, 6.45) is 4.05. The molecule has 20 heavy (non-hydrogen) atoms. The Morgan fingerprint density at radius 3 is 2.40 bits per heavy atom. The summed E-state index contributed by atoms with van der Waals surface area (Å²) in [5.41, 5.74) is 1.87. The SMILES string of the molecule is CSCc1ccc(C(=O)NCCNC(=O)C2CC2)cc1. The van der Waals surface area contributed by atoms with Gasteiger partial charge in [-0.25, -0.2) is 0 Å². The first-order valence-corrected chi connectivity index (χ1v) is 8.24. The second-order valence-corrected chi connectivity index (χ2v) is 5.82. The van der Waals surface area contributed by atoms with Crippen LogP contribution < -0.4 is 10.6 Å². The minimum atomic E-state index is -0.0960. The van der Waals surface area contributed by atoms with Crippen LogP contribution >= 0.6 is 11.8 Å². The molecule has 2 N–H and O–H groups in total. The van der Waals surface area contributed by atoms with Gasteiger partial charge in [-0.1, -0.05) is 12.1 Å². The van der Waals surface area contributed by atoms with Crippen molar-refractivity contribution in [2.24, 2.45) is 5.92 Å². The van der Waals surface area contributed by atoms with Crippen LogP contribution in [0.4, 0.5) is 0 Å². The van der Waals surface area contributed by atoms with Crippen molar-refractivity contribution in [3.8, 4) is 0 Å². The average Bonchev–Trinajstić information content (AvgIpc) is 3.29. The second-order valence-electron chi connectivity index (χ2n) is 4.95. The van der Waals surface area contributed by atoms with Crippen LogP contribution in [0.3, 0.4) is 0 Å².